The van der Waals surface area contributed by atoms with E-state index in [9.17, 15) is 9.59 Å². The molecule has 1 rings (SSSR count). The lowest BCUT2D eigenvalue weighted by molar-refractivity contribution is -0.123. The Morgan fingerprint density at radius 3 is 2.45 bits per heavy atom. The number of aromatic nitrogens is 1. The Kier molecular flexibility index (Phi) is 5.53. The van der Waals surface area contributed by atoms with E-state index in [0.29, 0.717) is 19.5 Å². The number of carbonyl (C=O) groups is 1. The summed E-state index contributed by atoms with van der Waals surface area (Å²) >= 11 is 1.23. The molecule has 1 unspecified atom stereocenters. The minimum atomic E-state index is -0.401. The van der Waals surface area contributed by atoms with E-state index in [1.807, 2.05) is 34.6 Å². The van der Waals surface area contributed by atoms with E-state index in [2.05, 4.69) is 5.32 Å². The van der Waals surface area contributed by atoms with Crippen molar-refractivity contribution in [1.82, 2.24) is 9.88 Å². The smallest absolute Gasteiger partial charge is 0.307 e. The Hall–Kier alpha value is -1.14. The van der Waals surface area contributed by atoms with Crippen LogP contribution in [0.5, 0.6) is 0 Å². The van der Waals surface area contributed by atoms with Crippen LogP contribution in [0.2, 0.25) is 0 Å². The maximum Gasteiger partial charge on any atom is 0.307 e. The summed E-state index contributed by atoms with van der Waals surface area (Å²) in [7, 11) is 0. The van der Waals surface area contributed by atoms with Crippen molar-refractivity contribution in [3.63, 3.8) is 0 Å². The van der Waals surface area contributed by atoms with Crippen LogP contribution in [0.25, 0.3) is 0 Å². The van der Waals surface area contributed by atoms with Crippen LogP contribution in [0.3, 0.4) is 0 Å². The van der Waals surface area contributed by atoms with Crippen molar-refractivity contribution >= 4 is 17.2 Å². The number of amides is 1. The molecule has 1 aromatic rings. The topological polar surface area (TPSA) is 77.1 Å². The Bertz CT molecular complexity index is 533. The van der Waals surface area contributed by atoms with Gasteiger partial charge >= 0.3 is 4.87 Å². The van der Waals surface area contributed by atoms with Gasteiger partial charge in [-0.15, -0.1) is 0 Å². The van der Waals surface area contributed by atoms with E-state index >= 15 is 0 Å². The van der Waals surface area contributed by atoms with Crippen molar-refractivity contribution in [3.8, 4) is 0 Å². The standard InChI is InChI=1S/C14H25N3O2S/c1-9(2)14(5,8-15)16-12(18)6-7-17-10(3)11(4)20-13(17)19/h9H,6-8,15H2,1-5H3,(H,16,18). The molecule has 20 heavy (non-hydrogen) atoms. The van der Waals surface area contributed by atoms with Crippen LogP contribution < -0.4 is 15.9 Å². The summed E-state index contributed by atoms with van der Waals surface area (Å²) in [4.78, 5) is 24.8. The fourth-order valence-corrected chi connectivity index (χ4v) is 2.73. The van der Waals surface area contributed by atoms with Gasteiger partial charge in [-0.2, -0.15) is 0 Å². The summed E-state index contributed by atoms with van der Waals surface area (Å²) in [5.74, 6) is 0.186. The SMILES string of the molecule is Cc1sc(=O)n(CCC(=O)NC(C)(CN)C(C)C)c1C. The zero-order chi connectivity index (χ0) is 15.5. The number of hydrogen-bond donors (Lipinski definition) is 2. The van der Waals surface area contributed by atoms with Crippen LogP contribution in [-0.4, -0.2) is 22.6 Å². The van der Waals surface area contributed by atoms with Crippen molar-refractivity contribution in [3.05, 3.63) is 20.2 Å². The van der Waals surface area contributed by atoms with Gasteiger partial charge in [0.2, 0.25) is 5.91 Å². The number of carbonyl (C=O) groups excluding carboxylic acids is 1. The summed E-state index contributed by atoms with van der Waals surface area (Å²) in [5, 5.41) is 2.98. The van der Waals surface area contributed by atoms with Gasteiger partial charge in [-0.1, -0.05) is 25.2 Å². The number of hydrogen-bond acceptors (Lipinski definition) is 4. The largest absolute Gasteiger partial charge is 0.349 e. The highest BCUT2D eigenvalue weighted by atomic mass is 32.1. The summed E-state index contributed by atoms with van der Waals surface area (Å²) < 4.78 is 1.66. The molecule has 6 heteroatoms. The molecule has 0 radical (unpaired) electrons. The van der Waals surface area contributed by atoms with Crippen LogP contribution in [0.4, 0.5) is 0 Å². The molecule has 0 aliphatic rings. The molecular formula is C14H25N3O2S. The molecule has 0 bridgehead atoms. The first-order valence-corrected chi connectivity index (χ1v) is 7.71. The first-order valence-electron chi connectivity index (χ1n) is 6.89. The maximum absolute atomic E-state index is 12.0. The van der Waals surface area contributed by atoms with Gasteiger partial charge in [-0.25, -0.2) is 0 Å². The van der Waals surface area contributed by atoms with Crippen molar-refractivity contribution < 1.29 is 4.79 Å². The third kappa shape index (κ3) is 3.70. The lowest BCUT2D eigenvalue weighted by Gasteiger charge is -2.33. The highest BCUT2D eigenvalue weighted by molar-refractivity contribution is 7.09. The normalized spacial score (nSPS) is 14.3. The molecule has 0 saturated carbocycles. The van der Waals surface area contributed by atoms with Crippen LogP contribution in [0, 0.1) is 19.8 Å². The molecular weight excluding hydrogens is 274 g/mol. The van der Waals surface area contributed by atoms with E-state index in [0.717, 1.165) is 10.6 Å². The summed E-state index contributed by atoms with van der Waals surface area (Å²) in [5.41, 5.74) is 6.29. The van der Waals surface area contributed by atoms with E-state index in [1.54, 1.807) is 4.57 Å². The molecule has 3 N–H and O–H groups in total. The molecule has 0 saturated heterocycles. The molecule has 0 aliphatic carbocycles. The number of nitrogens with one attached hydrogen (secondary N) is 1. The van der Waals surface area contributed by atoms with Crippen molar-refractivity contribution in [2.24, 2.45) is 11.7 Å². The molecule has 114 valence electrons. The highest BCUT2D eigenvalue weighted by Crippen LogP contribution is 2.15. The minimum Gasteiger partial charge on any atom is -0.349 e. The fourth-order valence-electron chi connectivity index (χ4n) is 1.87. The third-order valence-corrected chi connectivity index (χ3v) is 5.06. The second-order valence-electron chi connectivity index (χ2n) is 5.74. The van der Waals surface area contributed by atoms with E-state index in [-0.39, 0.29) is 16.7 Å². The molecule has 0 aromatic carbocycles. The molecule has 1 atom stereocenters. The fraction of sp³-hybridized carbons (Fsp3) is 0.714. The van der Waals surface area contributed by atoms with Gasteiger partial charge in [0.1, 0.15) is 0 Å². The molecule has 0 aliphatic heterocycles. The van der Waals surface area contributed by atoms with Gasteiger partial charge in [0.25, 0.3) is 0 Å². The number of thiazole rings is 1. The molecule has 1 aromatic heterocycles. The lowest BCUT2D eigenvalue weighted by atomic mass is 9.88. The number of nitrogens with zero attached hydrogens (tertiary/aromatic N) is 1. The molecule has 1 heterocycles. The second-order valence-corrected chi connectivity index (χ2v) is 6.90. The predicted octanol–water partition coefficient (Wildman–Crippen LogP) is 1.41. The molecule has 5 nitrogen and oxygen atoms in total. The monoisotopic (exact) mass is 299 g/mol. The van der Waals surface area contributed by atoms with E-state index in [4.69, 9.17) is 5.73 Å². The molecule has 1 amide bonds. The van der Waals surface area contributed by atoms with Crippen LogP contribution in [0.1, 0.15) is 37.8 Å². The Balaban J connectivity index is 2.67. The molecule has 0 spiro atoms. The average Bonchev–Trinajstić information content (AvgIpc) is 2.61. The maximum atomic E-state index is 12.0. The highest BCUT2D eigenvalue weighted by Gasteiger charge is 2.28. The molecule has 0 fully saturated rings. The van der Waals surface area contributed by atoms with Crippen molar-refractivity contribution in [2.45, 2.75) is 53.1 Å². The van der Waals surface area contributed by atoms with E-state index in [1.165, 1.54) is 11.3 Å². The summed E-state index contributed by atoms with van der Waals surface area (Å²) in [6.07, 6.45) is 0.291. The first-order chi connectivity index (χ1) is 9.21. The van der Waals surface area contributed by atoms with Crippen LogP contribution in [0.15, 0.2) is 4.79 Å². The second kappa shape index (κ2) is 6.54. The van der Waals surface area contributed by atoms with Crippen LogP contribution >= 0.6 is 11.3 Å². The van der Waals surface area contributed by atoms with Crippen LogP contribution in [-0.2, 0) is 11.3 Å². The van der Waals surface area contributed by atoms with Gasteiger partial charge in [0.05, 0.1) is 5.54 Å². The first kappa shape index (κ1) is 16.9. The quantitative estimate of drug-likeness (QED) is 0.833. The van der Waals surface area contributed by atoms with Gasteiger partial charge in [-0.3, -0.25) is 9.59 Å². The number of rotatable bonds is 6. The van der Waals surface area contributed by atoms with Gasteiger partial charge in [0.15, 0.2) is 0 Å². The summed E-state index contributed by atoms with van der Waals surface area (Å²) in [6.45, 7) is 10.6. The summed E-state index contributed by atoms with van der Waals surface area (Å²) in [6, 6.07) is 0. The third-order valence-electron chi connectivity index (χ3n) is 4.06. The van der Waals surface area contributed by atoms with Crippen molar-refractivity contribution in [2.75, 3.05) is 6.54 Å². The average molecular weight is 299 g/mol. The minimum absolute atomic E-state index is 0.00162. The predicted molar refractivity (Wildman–Crippen MR) is 83.1 cm³/mol. The Morgan fingerprint density at radius 1 is 1.45 bits per heavy atom. The number of nitrogens with two attached hydrogens (primary N) is 1. The van der Waals surface area contributed by atoms with Gasteiger partial charge in [-0.05, 0) is 26.7 Å². The Labute approximate surface area is 124 Å². The van der Waals surface area contributed by atoms with Crippen molar-refractivity contribution in [1.29, 1.82) is 0 Å². The zero-order valence-electron chi connectivity index (χ0n) is 12.9. The zero-order valence-corrected chi connectivity index (χ0v) is 13.8. The Morgan fingerprint density at radius 2 is 2.05 bits per heavy atom. The lowest BCUT2D eigenvalue weighted by Crippen LogP contribution is -2.55. The van der Waals surface area contributed by atoms with Gasteiger partial charge in [0, 0.05) is 30.1 Å². The van der Waals surface area contributed by atoms with E-state index < -0.39 is 5.54 Å². The van der Waals surface area contributed by atoms with Gasteiger partial charge < -0.3 is 15.6 Å². The number of aryl methyl sites for hydroxylation is 1.